The Morgan fingerprint density at radius 3 is 2.70 bits per heavy atom. The topological polar surface area (TPSA) is 62.3 Å². The molecule has 1 aromatic heterocycles. The Labute approximate surface area is 119 Å². The Hall–Kier alpha value is -1.91. The molecular formula is C15H21N3O2. The first kappa shape index (κ1) is 14.5. The Bertz CT molecular complexity index is 542. The molecule has 0 bridgehead atoms. The van der Waals surface area contributed by atoms with Gasteiger partial charge in [-0.1, -0.05) is 6.92 Å². The number of hydrogen-bond acceptors (Lipinski definition) is 4. The molecule has 1 saturated heterocycles. The van der Waals surface area contributed by atoms with Crippen molar-refractivity contribution in [2.75, 3.05) is 5.32 Å². The third-order valence-electron chi connectivity index (χ3n) is 3.77. The Morgan fingerprint density at radius 2 is 2.10 bits per heavy atom. The number of carbonyl (C=O) groups excluding carboxylic acids is 2. The van der Waals surface area contributed by atoms with Crippen LogP contribution in [-0.4, -0.2) is 33.8 Å². The van der Waals surface area contributed by atoms with Gasteiger partial charge < -0.3 is 5.32 Å². The first-order chi connectivity index (χ1) is 9.43. The van der Waals surface area contributed by atoms with Crippen LogP contribution in [0.4, 0.5) is 5.69 Å². The number of nitrogens with zero attached hydrogens (tertiary/aromatic N) is 2. The molecule has 2 atom stereocenters. The monoisotopic (exact) mass is 275 g/mol. The fraction of sp³-hybridized carbons (Fsp3) is 0.533. The number of rotatable bonds is 4. The Kier molecular flexibility index (Phi) is 4.06. The Balaban J connectivity index is 2.15. The van der Waals surface area contributed by atoms with E-state index in [1.165, 1.54) is 4.90 Å². The molecule has 2 amide bonds. The SMILES string of the molecule is CCC(C)N1C(=O)CC(Nc2ccc(C)nc2C)C1=O. The quantitative estimate of drug-likeness (QED) is 0.854. The second kappa shape index (κ2) is 5.61. The van der Waals surface area contributed by atoms with E-state index in [0.717, 1.165) is 23.5 Å². The van der Waals surface area contributed by atoms with E-state index in [0.29, 0.717) is 0 Å². The first-order valence-electron chi connectivity index (χ1n) is 7.00. The molecule has 20 heavy (non-hydrogen) atoms. The molecule has 108 valence electrons. The van der Waals surface area contributed by atoms with Gasteiger partial charge in [-0.3, -0.25) is 19.5 Å². The van der Waals surface area contributed by atoms with Crippen molar-refractivity contribution in [3.05, 3.63) is 23.5 Å². The number of amides is 2. The van der Waals surface area contributed by atoms with Gasteiger partial charge in [0.25, 0.3) is 5.91 Å². The maximum atomic E-state index is 12.3. The summed E-state index contributed by atoms with van der Waals surface area (Å²) in [6.45, 7) is 7.69. The van der Waals surface area contributed by atoms with Crippen LogP contribution in [0.2, 0.25) is 0 Å². The third kappa shape index (κ3) is 2.66. The summed E-state index contributed by atoms with van der Waals surface area (Å²) in [5, 5.41) is 3.15. The van der Waals surface area contributed by atoms with Gasteiger partial charge in [0.1, 0.15) is 6.04 Å². The number of nitrogens with one attached hydrogen (secondary N) is 1. The minimum atomic E-state index is -0.472. The van der Waals surface area contributed by atoms with E-state index >= 15 is 0 Å². The van der Waals surface area contributed by atoms with Crippen molar-refractivity contribution >= 4 is 17.5 Å². The number of imide groups is 1. The second-order valence-electron chi connectivity index (χ2n) is 5.35. The molecule has 1 aliphatic heterocycles. The number of aromatic nitrogens is 1. The molecular weight excluding hydrogens is 254 g/mol. The van der Waals surface area contributed by atoms with Crippen molar-refractivity contribution in [2.24, 2.45) is 0 Å². The second-order valence-corrected chi connectivity index (χ2v) is 5.35. The average molecular weight is 275 g/mol. The number of anilines is 1. The van der Waals surface area contributed by atoms with Crippen LogP contribution in [0.1, 0.15) is 38.1 Å². The summed E-state index contributed by atoms with van der Waals surface area (Å²) in [7, 11) is 0. The molecule has 2 rings (SSSR count). The van der Waals surface area contributed by atoms with Crippen molar-refractivity contribution in [3.8, 4) is 0 Å². The standard InChI is InChI=1S/C15H21N3O2/c1-5-10(3)18-14(19)8-13(15(18)20)17-12-7-6-9(2)16-11(12)4/h6-7,10,13,17H,5,8H2,1-4H3. The lowest BCUT2D eigenvalue weighted by Gasteiger charge is -2.22. The van der Waals surface area contributed by atoms with Gasteiger partial charge in [0, 0.05) is 11.7 Å². The summed E-state index contributed by atoms with van der Waals surface area (Å²) in [6.07, 6.45) is 0.992. The maximum Gasteiger partial charge on any atom is 0.252 e. The number of hydrogen-bond donors (Lipinski definition) is 1. The fourth-order valence-electron chi connectivity index (χ4n) is 2.44. The summed E-state index contributed by atoms with van der Waals surface area (Å²) in [4.78, 5) is 30.0. The summed E-state index contributed by atoms with van der Waals surface area (Å²) >= 11 is 0. The highest BCUT2D eigenvalue weighted by atomic mass is 16.2. The number of likely N-dealkylation sites (tertiary alicyclic amines) is 1. The molecule has 1 aliphatic rings. The highest BCUT2D eigenvalue weighted by Gasteiger charge is 2.40. The third-order valence-corrected chi connectivity index (χ3v) is 3.77. The minimum absolute atomic E-state index is 0.0426. The maximum absolute atomic E-state index is 12.3. The van der Waals surface area contributed by atoms with Gasteiger partial charge in [0.2, 0.25) is 5.91 Å². The molecule has 2 heterocycles. The van der Waals surface area contributed by atoms with Gasteiger partial charge in [0.15, 0.2) is 0 Å². The lowest BCUT2D eigenvalue weighted by molar-refractivity contribution is -0.140. The summed E-state index contributed by atoms with van der Waals surface area (Å²) < 4.78 is 0. The first-order valence-corrected chi connectivity index (χ1v) is 7.00. The summed E-state index contributed by atoms with van der Waals surface area (Å²) in [5.74, 6) is -0.233. The van der Waals surface area contributed by atoms with Crippen LogP contribution >= 0.6 is 0 Å². The van der Waals surface area contributed by atoms with E-state index in [2.05, 4.69) is 10.3 Å². The van der Waals surface area contributed by atoms with Crippen molar-refractivity contribution < 1.29 is 9.59 Å². The number of pyridine rings is 1. The van der Waals surface area contributed by atoms with Crippen molar-refractivity contribution in [1.29, 1.82) is 0 Å². The molecule has 1 aromatic rings. The van der Waals surface area contributed by atoms with Crippen LogP contribution in [0.15, 0.2) is 12.1 Å². The van der Waals surface area contributed by atoms with Crippen LogP contribution < -0.4 is 5.32 Å². The number of aryl methyl sites for hydroxylation is 2. The van der Waals surface area contributed by atoms with Gasteiger partial charge in [-0.2, -0.15) is 0 Å². The zero-order valence-corrected chi connectivity index (χ0v) is 12.4. The van der Waals surface area contributed by atoms with Crippen molar-refractivity contribution in [1.82, 2.24) is 9.88 Å². The van der Waals surface area contributed by atoms with Crippen LogP contribution in [0.25, 0.3) is 0 Å². The normalized spacial score (nSPS) is 20.4. The highest BCUT2D eigenvalue weighted by Crippen LogP contribution is 2.22. The number of carbonyl (C=O) groups is 2. The van der Waals surface area contributed by atoms with E-state index in [1.807, 2.05) is 39.8 Å². The zero-order chi connectivity index (χ0) is 14.9. The lowest BCUT2D eigenvalue weighted by Crippen LogP contribution is -2.40. The van der Waals surface area contributed by atoms with Crippen LogP contribution in [0, 0.1) is 13.8 Å². The van der Waals surface area contributed by atoms with E-state index in [9.17, 15) is 9.59 Å². The van der Waals surface area contributed by atoms with Gasteiger partial charge >= 0.3 is 0 Å². The molecule has 5 heteroatoms. The smallest absolute Gasteiger partial charge is 0.252 e. The largest absolute Gasteiger partial charge is 0.372 e. The molecule has 1 fully saturated rings. The van der Waals surface area contributed by atoms with Gasteiger partial charge in [-0.05, 0) is 39.3 Å². The lowest BCUT2D eigenvalue weighted by atomic mass is 10.2. The van der Waals surface area contributed by atoms with Crippen LogP contribution in [0.3, 0.4) is 0 Å². The fourth-order valence-corrected chi connectivity index (χ4v) is 2.44. The Morgan fingerprint density at radius 1 is 1.40 bits per heavy atom. The summed E-state index contributed by atoms with van der Waals surface area (Å²) in [6, 6.07) is 3.28. The van der Waals surface area contributed by atoms with E-state index < -0.39 is 6.04 Å². The molecule has 0 spiro atoms. The van der Waals surface area contributed by atoms with E-state index in [4.69, 9.17) is 0 Å². The minimum Gasteiger partial charge on any atom is -0.372 e. The summed E-state index contributed by atoms with van der Waals surface area (Å²) in [5.41, 5.74) is 2.59. The predicted octanol–water partition coefficient (Wildman–Crippen LogP) is 2.04. The van der Waals surface area contributed by atoms with Crippen LogP contribution in [-0.2, 0) is 9.59 Å². The highest BCUT2D eigenvalue weighted by molar-refractivity contribution is 6.07. The van der Waals surface area contributed by atoms with E-state index in [-0.39, 0.29) is 24.3 Å². The molecule has 5 nitrogen and oxygen atoms in total. The van der Waals surface area contributed by atoms with Gasteiger partial charge in [-0.25, -0.2) is 0 Å². The molecule has 0 aliphatic carbocycles. The van der Waals surface area contributed by atoms with Crippen LogP contribution in [0.5, 0.6) is 0 Å². The van der Waals surface area contributed by atoms with Crippen molar-refractivity contribution in [2.45, 2.75) is 52.6 Å². The molecule has 0 aromatic carbocycles. The molecule has 0 radical (unpaired) electrons. The van der Waals surface area contributed by atoms with Gasteiger partial charge in [-0.15, -0.1) is 0 Å². The predicted molar refractivity (Wildman–Crippen MR) is 77.3 cm³/mol. The van der Waals surface area contributed by atoms with Crippen molar-refractivity contribution in [3.63, 3.8) is 0 Å². The molecule has 0 saturated carbocycles. The zero-order valence-electron chi connectivity index (χ0n) is 12.4. The average Bonchev–Trinajstić information content (AvgIpc) is 2.67. The van der Waals surface area contributed by atoms with Gasteiger partial charge in [0.05, 0.1) is 17.8 Å². The van der Waals surface area contributed by atoms with E-state index in [1.54, 1.807) is 0 Å². The molecule has 2 unspecified atom stereocenters. The molecule has 1 N–H and O–H groups in total.